The standard InChI is InChI=1S/C11H12N2O3/c1-11(8-13(14)15)7-10(12-16-11)9-5-3-2-4-6-9/h2-6H,7-8H2,1H3. The van der Waals surface area contributed by atoms with Gasteiger partial charge in [0.15, 0.2) is 0 Å². The number of hydrogen-bond acceptors (Lipinski definition) is 4. The van der Waals surface area contributed by atoms with E-state index < -0.39 is 5.60 Å². The summed E-state index contributed by atoms with van der Waals surface area (Å²) >= 11 is 0. The fraction of sp³-hybridized carbons (Fsp3) is 0.364. The van der Waals surface area contributed by atoms with Crippen molar-refractivity contribution in [2.45, 2.75) is 18.9 Å². The second-order valence-electron chi connectivity index (χ2n) is 4.11. The minimum absolute atomic E-state index is 0.229. The van der Waals surface area contributed by atoms with Gasteiger partial charge >= 0.3 is 0 Å². The van der Waals surface area contributed by atoms with Crippen molar-refractivity contribution in [3.63, 3.8) is 0 Å². The van der Waals surface area contributed by atoms with Crippen LogP contribution in [0.1, 0.15) is 18.9 Å². The van der Waals surface area contributed by atoms with Crippen LogP contribution in [0, 0.1) is 10.1 Å². The molecule has 0 aromatic heterocycles. The van der Waals surface area contributed by atoms with Crippen LogP contribution in [0.15, 0.2) is 35.5 Å². The zero-order valence-electron chi connectivity index (χ0n) is 8.92. The van der Waals surface area contributed by atoms with Gasteiger partial charge in [-0.15, -0.1) is 0 Å². The monoisotopic (exact) mass is 220 g/mol. The topological polar surface area (TPSA) is 64.7 Å². The van der Waals surface area contributed by atoms with E-state index in [4.69, 9.17) is 4.84 Å². The lowest BCUT2D eigenvalue weighted by Gasteiger charge is -2.15. The van der Waals surface area contributed by atoms with E-state index in [1.54, 1.807) is 6.92 Å². The van der Waals surface area contributed by atoms with Crippen molar-refractivity contribution in [3.05, 3.63) is 46.0 Å². The molecule has 1 aliphatic rings. The molecule has 5 heteroatoms. The van der Waals surface area contributed by atoms with Crippen LogP contribution in [0.25, 0.3) is 0 Å². The van der Waals surface area contributed by atoms with Gasteiger partial charge in [0.25, 0.3) is 0 Å². The van der Waals surface area contributed by atoms with Crippen LogP contribution in [-0.4, -0.2) is 22.8 Å². The normalized spacial score (nSPS) is 23.7. The number of benzene rings is 1. The third kappa shape index (κ3) is 2.18. The minimum Gasteiger partial charge on any atom is -0.382 e. The van der Waals surface area contributed by atoms with Crippen molar-refractivity contribution in [2.24, 2.45) is 5.16 Å². The Kier molecular flexibility index (Phi) is 2.60. The average molecular weight is 220 g/mol. The lowest BCUT2D eigenvalue weighted by molar-refractivity contribution is -0.500. The molecule has 0 radical (unpaired) electrons. The summed E-state index contributed by atoms with van der Waals surface area (Å²) in [5, 5.41) is 14.4. The maximum Gasteiger partial charge on any atom is 0.245 e. The van der Waals surface area contributed by atoms with Crippen LogP contribution in [0.3, 0.4) is 0 Å². The number of nitro groups is 1. The van der Waals surface area contributed by atoms with Crippen molar-refractivity contribution in [3.8, 4) is 0 Å². The van der Waals surface area contributed by atoms with E-state index in [0.717, 1.165) is 11.3 Å². The molecule has 0 bridgehead atoms. The molecule has 1 aromatic rings. The molecule has 84 valence electrons. The molecule has 0 amide bonds. The predicted octanol–water partition coefficient (Wildman–Crippen LogP) is 1.85. The Balaban J connectivity index is 2.10. The second kappa shape index (κ2) is 3.92. The van der Waals surface area contributed by atoms with E-state index in [0.29, 0.717) is 6.42 Å². The maximum atomic E-state index is 10.5. The highest BCUT2D eigenvalue weighted by Crippen LogP contribution is 2.26. The van der Waals surface area contributed by atoms with Crippen LogP contribution >= 0.6 is 0 Å². The second-order valence-corrected chi connectivity index (χ2v) is 4.11. The number of rotatable bonds is 3. The molecule has 1 aromatic carbocycles. The molecule has 1 heterocycles. The Bertz CT molecular complexity index is 430. The van der Waals surface area contributed by atoms with Gasteiger partial charge in [-0.3, -0.25) is 10.1 Å². The maximum absolute atomic E-state index is 10.5. The van der Waals surface area contributed by atoms with Gasteiger partial charge in [-0.1, -0.05) is 35.5 Å². The Labute approximate surface area is 92.9 Å². The molecular formula is C11H12N2O3. The van der Waals surface area contributed by atoms with Crippen LogP contribution < -0.4 is 0 Å². The highest BCUT2D eigenvalue weighted by Gasteiger charge is 2.39. The zero-order chi connectivity index (χ0) is 11.6. The molecule has 2 rings (SSSR count). The summed E-state index contributed by atoms with van der Waals surface area (Å²) in [5.74, 6) is 0. The SMILES string of the molecule is CC1(C[N+](=O)[O-])CC(c2ccccc2)=NO1. The first-order valence-corrected chi connectivity index (χ1v) is 5.01. The fourth-order valence-corrected chi connectivity index (χ4v) is 1.73. The first-order chi connectivity index (χ1) is 7.59. The van der Waals surface area contributed by atoms with Gasteiger partial charge in [-0.2, -0.15) is 0 Å². The van der Waals surface area contributed by atoms with Gasteiger partial charge in [0.1, 0.15) is 0 Å². The van der Waals surface area contributed by atoms with Gasteiger partial charge in [0.2, 0.25) is 12.1 Å². The summed E-state index contributed by atoms with van der Waals surface area (Å²) < 4.78 is 0. The summed E-state index contributed by atoms with van der Waals surface area (Å²) in [5.41, 5.74) is 0.911. The quantitative estimate of drug-likeness (QED) is 0.576. The lowest BCUT2D eigenvalue weighted by atomic mass is 9.96. The van der Waals surface area contributed by atoms with E-state index >= 15 is 0 Å². The summed E-state index contributed by atoms with van der Waals surface area (Å²) in [6.07, 6.45) is 0.470. The molecule has 0 saturated heterocycles. The van der Waals surface area contributed by atoms with E-state index in [2.05, 4.69) is 5.16 Å². The number of nitrogens with zero attached hydrogens (tertiary/aromatic N) is 2. The predicted molar refractivity (Wildman–Crippen MR) is 58.9 cm³/mol. The largest absolute Gasteiger partial charge is 0.382 e. The molecular weight excluding hydrogens is 208 g/mol. The van der Waals surface area contributed by atoms with Gasteiger partial charge in [0.05, 0.1) is 5.71 Å². The average Bonchev–Trinajstić information content (AvgIpc) is 2.61. The Morgan fingerprint density at radius 3 is 2.81 bits per heavy atom. The number of oxime groups is 1. The molecule has 0 N–H and O–H groups in total. The smallest absolute Gasteiger partial charge is 0.245 e. The van der Waals surface area contributed by atoms with Gasteiger partial charge in [-0.25, -0.2) is 0 Å². The lowest BCUT2D eigenvalue weighted by Crippen LogP contribution is -2.33. The van der Waals surface area contributed by atoms with Crippen molar-refractivity contribution >= 4 is 5.71 Å². The first kappa shape index (κ1) is 10.6. The van der Waals surface area contributed by atoms with E-state index in [-0.39, 0.29) is 11.5 Å². The Morgan fingerprint density at radius 1 is 1.50 bits per heavy atom. The zero-order valence-corrected chi connectivity index (χ0v) is 8.92. The third-order valence-corrected chi connectivity index (χ3v) is 2.49. The van der Waals surface area contributed by atoms with Crippen LogP contribution in [0.2, 0.25) is 0 Å². The first-order valence-electron chi connectivity index (χ1n) is 5.01. The molecule has 0 aliphatic carbocycles. The third-order valence-electron chi connectivity index (χ3n) is 2.49. The van der Waals surface area contributed by atoms with Crippen molar-refractivity contribution in [1.29, 1.82) is 0 Å². The molecule has 1 aliphatic heterocycles. The van der Waals surface area contributed by atoms with Gasteiger partial charge < -0.3 is 4.84 Å². The van der Waals surface area contributed by atoms with Gasteiger partial charge in [0, 0.05) is 11.3 Å². The minimum atomic E-state index is -0.811. The summed E-state index contributed by atoms with van der Waals surface area (Å²) in [6.45, 7) is 1.47. The molecule has 0 saturated carbocycles. The van der Waals surface area contributed by atoms with Crippen molar-refractivity contribution in [2.75, 3.05) is 6.54 Å². The van der Waals surface area contributed by atoms with Crippen LogP contribution in [0.5, 0.6) is 0 Å². The van der Waals surface area contributed by atoms with Crippen molar-refractivity contribution in [1.82, 2.24) is 0 Å². The fourth-order valence-electron chi connectivity index (χ4n) is 1.73. The highest BCUT2D eigenvalue weighted by molar-refractivity contribution is 6.01. The molecule has 1 unspecified atom stereocenters. The van der Waals surface area contributed by atoms with Crippen molar-refractivity contribution < 1.29 is 9.76 Å². The summed E-state index contributed by atoms with van der Waals surface area (Å²) in [4.78, 5) is 15.3. The molecule has 1 atom stereocenters. The van der Waals surface area contributed by atoms with E-state index in [1.807, 2.05) is 30.3 Å². The Hall–Kier alpha value is -1.91. The van der Waals surface area contributed by atoms with E-state index in [1.165, 1.54) is 0 Å². The van der Waals surface area contributed by atoms with Gasteiger partial charge in [-0.05, 0) is 12.5 Å². The Morgan fingerprint density at radius 2 is 2.19 bits per heavy atom. The number of hydrogen-bond donors (Lipinski definition) is 0. The highest BCUT2D eigenvalue weighted by atomic mass is 16.7. The molecule has 0 fully saturated rings. The molecule has 0 spiro atoms. The summed E-state index contributed by atoms with van der Waals surface area (Å²) in [6, 6.07) is 9.55. The van der Waals surface area contributed by atoms with E-state index in [9.17, 15) is 10.1 Å². The molecule has 5 nitrogen and oxygen atoms in total. The molecule has 16 heavy (non-hydrogen) atoms. The summed E-state index contributed by atoms with van der Waals surface area (Å²) in [7, 11) is 0. The van der Waals surface area contributed by atoms with Crippen LogP contribution in [0.4, 0.5) is 0 Å². The van der Waals surface area contributed by atoms with Crippen LogP contribution in [-0.2, 0) is 4.84 Å².